The van der Waals surface area contributed by atoms with Crippen molar-refractivity contribution in [3.8, 4) is 0 Å². The highest BCUT2D eigenvalue weighted by atomic mass is 35.5. The van der Waals surface area contributed by atoms with Crippen molar-refractivity contribution in [1.29, 1.82) is 0 Å². The first-order valence-electron chi connectivity index (χ1n) is 8.13. The predicted molar refractivity (Wildman–Crippen MR) is 93.2 cm³/mol. The molecule has 7 heteroatoms. The number of nitrogens with zero attached hydrogens (tertiary/aromatic N) is 4. The zero-order valence-corrected chi connectivity index (χ0v) is 14.3. The van der Waals surface area contributed by atoms with Gasteiger partial charge in [0.15, 0.2) is 5.69 Å². The molecule has 3 heterocycles. The second kappa shape index (κ2) is 7.57. The van der Waals surface area contributed by atoms with Crippen LogP contribution in [-0.4, -0.2) is 33.9 Å². The summed E-state index contributed by atoms with van der Waals surface area (Å²) < 4.78 is 0. The molecule has 24 heavy (non-hydrogen) atoms. The first kappa shape index (κ1) is 16.6. The molecule has 0 bridgehead atoms. The van der Waals surface area contributed by atoms with Gasteiger partial charge in [0, 0.05) is 25.5 Å². The lowest BCUT2D eigenvalue weighted by atomic mass is 10.1. The van der Waals surface area contributed by atoms with E-state index in [2.05, 4.69) is 25.2 Å². The third kappa shape index (κ3) is 3.82. The van der Waals surface area contributed by atoms with Crippen LogP contribution in [0.4, 0.5) is 5.95 Å². The minimum Gasteiger partial charge on any atom is -0.344 e. The van der Waals surface area contributed by atoms with Crippen LogP contribution in [0.2, 0.25) is 5.02 Å². The predicted octanol–water partition coefficient (Wildman–Crippen LogP) is 3.01. The smallest absolute Gasteiger partial charge is 0.272 e. The van der Waals surface area contributed by atoms with Gasteiger partial charge in [0.2, 0.25) is 5.95 Å². The minimum absolute atomic E-state index is 0.162. The van der Waals surface area contributed by atoms with Gasteiger partial charge >= 0.3 is 0 Å². The summed E-state index contributed by atoms with van der Waals surface area (Å²) in [5, 5.41) is 3.18. The van der Waals surface area contributed by atoms with Crippen molar-refractivity contribution in [3.63, 3.8) is 0 Å². The number of anilines is 1. The molecule has 1 aliphatic rings. The maximum absolute atomic E-state index is 12.6. The van der Waals surface area contributed by atoms with Crippen LogP contribution >= 0.6 is 11.6 Å². The fraction of sp³-hybridized carbons (Fsp3) is 0.412. The first-order valence-corrected chi connectivity index (χ1v) is 8.51. The van der Waals surface area contributed by atoms with Gasteiger partial charge in [-0.05, 0) is 43.9 Å². The summed E-state index contributed by atoms with van der Waals surface area (Å²) in [6, 6.07) is 3.57. The number of piperidine rings is 1. The fourth-order valence-electron chi connectivity index (χ4n) is 2.76. The lowest BCUT2D eigenvalue weighted by molar-refractivity contribution is 0.0935. The van der Waals surface area contributed by atoms with E-state index < -0.39 is 0 Å². The number of amides is 1. The Morgan fingerprint density at radius 1 is 1.25 bits per heavy atom. The zero-order valence-electron chi connectivity index (χ0n) is 13.6. The number of carbonyl (C=O) groups excluding carboxylic acids is 1. The molecule has 2 aromatic heterocycles. The van der Waals surface area contributed by atoms with Gasteiger partial charge in [-0.3, -0.25) is 9.78 Å². The van der Waals surface area contributed by atoms with E-state index in [1.54, 1.807) is 12.4 Å². The zero-order chi connectivity index (χ0) is 16.9. The number of pyridine rings is 1. The summed E-state index contributed by atoms with van der Waals surface area (Å²) in [7, 11) is 0. The minimum atomic E-state index is -0.301. The number of nitrogens with one attached hydrogen (secondary N) is 1. The van der Waals surface area contributed by atoms with Gasteiger partial charge in [0.1, 0.15) is 0 Å². The summed E-state index contributed by atoms with van der Waals surface area (Å²) in [4.78, 5) is 27.3. The van der Waals surface area contributed by atoms with E-state index in [4.69, 9.17) is 11.6 Å². The van der Waals surface area contributed by atoms with Crippen molar-refractivity contribution in [2.24, 2.45) is 0 Å². The van der Waals surface area contributed by atoms with Crippen molar-refractivity contribution in [3.05, 3.63) is 47.0 Å². The van der Waals surface area contributed by atoms with Crippen molar-refractivity contribution >= 4 is 23.5 Å². The van der Waals surface area contributed by atoms with E-state index >= 15 is 0 Å². The number of hydrogen-bond donors (Lipinski definition) is 1. The summed E-state index contributed by atoms with van der Waals surface area (Å²) >= 11 is 6.15. The van der Waals surface area contributed by atoms with Crippen molar-refractivity contribution in [1.82, 2.24) is 20.3 Å². The first-order chi connectivity index (χ1) is 11.6. The lowest BCUT2D eigenvalue weighted by Crippen LogP contribution is -2.32. The summed E-state index contributed by atoms with van der Waals surface area (Å²) in [6.45, 7) is 3.74. The van der Waals surface area contributed by atoms with Crippen LogP contribution in [-0.2, 0) is 0 Å². The Morgan fingerprint density at radius 3 is 2.67 bits per heavy atom. The Morgan fingerprint density at radius 2 is 1.96 bits per heavy atom. The highest BCUT2D eigenvalue weighted by Crippen LogP contribution is 2.20. The van der Waals surface area contributed by atoms with Crippen LogP contribution in [0.1, 0.15) is 48.3 Å². The van der Waals surface area contributed by atoms with E-state index in [9.17, 15) is 4.79 Å². The van der Waals surface area contributed by atoms with Gasteiger partial charge < -0.3 is 10.2 Å². The SMILES string of the molecule is CC(NC(=O)c1nc(N2CCCCC2)ncc1Cl)c1ccncc1. The Kier molecular flexibility index (Phi) is 5.25. The fourth-order valence-corrected chi connectivity index (χ4v) is 2.94. The molecule has 1 aliphatic heterocycles. The molecule has 6 nitrogen and oxygen atoms in total. The molecule has 126 valence electrons. The molecule has 3 rings (SSSR count). The van der Waals surface area contributed by atoms with E-state index in [0.29, 0.717) is 5.95 Å². The number of carbonyl (C=O) groups is 1. The molecule has 1 saturated heterocycles. The highest BCUT2D eigenvalue weighted by Gasteiger charge is 2.20. The number of rotatable bonds is 4. The molecule has 0 aromatic carbocycles. The average Bonchev–Trinajstić information content (AvgIpc) is 2.63. The molecule has 0 saturated carbocycles. The molecular formula is C17H20ClN5O. The maximum Gasteiger partial charge on any atom is 0.272 e. The molecule has 1 fully saturated rings. The van der Waals surface area contributed by atoms with Gasteiger partial charge in [-0.1, -0.05) is 11.6 Å². The molecule has 1 amide bonds. The molecular weight excluding hydrogens is 326 g/mol. The van der Waals surface area contributed by atoms with Crippen LogP contribution < -0.4 is 10.2 Å². The Hall–Kier alpha value is -2.21. The molecule has 0 aliphatic carbocycles. The van der Waals surface area contributed by atoms with E-state index in [0.717, 1.165) is 31.5 Å². The Balaban J connectivity index is 1.76. The lowest BCUT2D eigenvalue weighted by Gasteiger charge is -2.26. The molecule has 0 radical (unpaired) electrons. The summed E-state index contributed by atoms with van der Waals surface area (Å²) in [5.74, 6) is 0.269. The van der Waals surface area contributed by atoms with Gasteiger partial charge in [0.05, 0.1) is 17.3 Å². The van der Waals surface area contributed by atoms with Gasteiger partial charge in [-0.15, -0.1) is 0 Å². The van der Waals surface area contributed by atoms with Crippen LogP contribution in [0.15, 0.2) is 30.7 Å². The molecule has 0 spiro atoms. The number of halogens is 1. The maximum atomic E-state index is 12.6. The third-order valence-corrected chi connectivity index (χ3v) is 4.42. The highest BCUT2D eigenvalue weighted by molar-refractivity contribution is 6.33. The van der Waals surface area contributed by atoms with Crippen LogP contribution in [0.3, 0.4) is 0 Å². The Labute approximate surface area is 146 Å². The molecule has 1 unspecified atom stereocenters. The second-order valence-corrected chi connectivity index (χ2v) is 6.30. The standard InChI is InChI=1S/C17H20ClN5O/c1-12(13-5-7-19-8-6-13)21-16(24)15-14(18)11-20-17(22-15)23-9-3-2-4-10-23/h5-8,11-12H,2-4,9-10H2,1H3,(H,21,24). The molecule has 1 atom stereocenters. The van der Waals surface area contributed by atoms with Gasteiger partial charge in [0.25, 0.3) is 5.91 Å². The van der Waals surface area contributed by atoms with Crippen molar-refractivity contribution in [2.75, 3.05) is 18.0 Å². The summed E-state index contributed by atoms with van der Waals surface area (Å²) in [6.07, 6.45) is 8.36. The van der Waals surface area contributed by atoms with Crippen molar-refractivity contribution in [2.45, 2.75) is 32.2 Å². The topological polar surface area (TPSA) is 71.0 Å². The monoisotopic (exact) mass is 345 g/mol. The van der Waals surface area contributed by atoms with E-state index in [1.165, 1.54) is 12.6 Å². The molecule has 1 N–H and O–H groups in total. The number of hydrogen-bond acceptors (Lipinski definition) is 5. The van der Waals surface area contributed by atoms with Crippen LogP contribution in [0.5, 0.6) is 0 Å². The van der Waals surface area contributed by atoms with Crippen LogP contribution in [0, 0.1) is 0 Å². The quantitative estimate of drug-likeness (QED) is 0.922. The normalized spacial score (nSPS) is 15.8. The van der Waals surface area contributed by atoms with Gasteiger partial charge in [-0.2, -0.15) is 0 Å². The number of aromatic nitrogens is 3. The van der Waals surface area contributed by atoms with Gasteiger partial charge in [-0.25, -0.2) is 9.97 Å². The third-order valence-electron chi connectivity index (χ3n) is 4.14. The van der Waals surface area contributed by atoms with Crippen LogP contribution in [0.25, 0.3) is 0 Å². The molecule has 2 aromatic rings. The summed E-state index contributed by atoms with van der Waals surface area (Å²) in [5.41, 5.74) is 1.19. The van der Waals surface area contributed by atoms with E-state index in [1.807, 2.05) is 19.1 Å². The Bertz CT molecular complexity index is 703. The largest absolute Gasteiger partial charge is 0.344 e. The van der Waals surface area contributed by atoms with E-state index in [-0.39, 0.29) is 22.7 Å². The average molecular weight is 346 g/mol. The second-order valence-electron chi connectivity index (χ2n) is 5.89. The van der Waals surface area contributed by atoms with Crippen molar-refractivity contribution < 1.29 is 4.79 Å².